The van der Waals surface area contributed by atoms with Crippen molar-refractivity contribution in [1.82, 2.24) is 0 Å². The zero-order valence-corrected chi connectivity index (χ0v) is 21.7. The van der Waals surface area contributed by atoms with Crippen molar-refractivity contribution in [2.75, 3.05) is 19.8 Å². The highest BCUT2D eigenvalue weighted by atomic mass is 16.8. The largest absolute Gasteiger partial charge is 0.468 e. The molecule has 214 valence electrons. The summed E-state index contributed by atoms with van der Waals surface area (Å²) in [6, 6.07) is 0. The van der Waals surface area contributed by atoms with E-state index in [2.05, 4.69) is 0 Å². The van der Waals surface area contributed by atoms with Crippen LogP contribution in [0.2, 0.25) is 0 Å². The summed E-state index contributed by atoms with van der Waals surface area (Å²) in [6.07, 6.45) is -6.23. The van der Waals surface area contributed by atoms with Crippen LogP contribution in [0.15, 0.2) is 23.5 Å². The topological polar surface area (TPSA) is 181 Å². The second-order valence-corrected chi connectivity index (χ2v) is 10.7. The fourth-order valence-electron chi connectivity index (χ4n) is 5.91. The van der Waals surface area contributed by atoms with Crippen molar-refractivity contribution in [2.24, 2.45) is 29.6 Å². The van der Waals surface area contributed by atoms with Crippen LogP contribution in [0.3, 0.4) is 0 Å². The van der Waals surface area contributed by atoms with E-state index in [4.69, 9.17) is 23.7 Å². The molecule has 0 aromatic carbocycles. The Kier molecular flexibility index (Phi) is 9.13. The SMILES string of the molecule is C/C=C1\[C@H](O[C@@H]2O[C@H](CO)[C@@H](O)[C@H](O)[C@H]2O)OC=C2C(=O)OC[C@H](C)[C@@H]3C[C@H](O)[C@H](C)[C@H]3COC(=O)C[C@H]21. The lowest BCUT2D eigenvalue weighted by molar-refractivity contribution is -0.327. The summed E-state index contributed by atoms with van der Waals surface area (Å²) in [7, 11) is 0. The fraction of sp³-hybridized carbons (Fsp3) is 0.769. The van der Waals surface area contributed by atoms with Crippen molar-refractivity contribution in [3.05, 3.63) is 23.5 Å². The van der Waals surface area contributed by atoms with E-state index in [1.807, 2.05) is 13.8 Å². The van der Waals surface area contributed by atoms with E-state index in [1.54, 1.807) is 13.0 Å². The van der Waals surface area contributed by atoms with Gasteiger partial charge in [0.05, 0.1) is 44.2 Å². The first-order valence-corrected chi connectivity index (χ1v) is 13.1. The Labute approximate surface area is 220 Å². The normalized spacial score (nSPS) is 45.5. The number of aliphatic hydroxyl groups excluding tert-OH is 5. The third-order valence-corrected chi connectivity index (χ3v) is 8.41. The number of aliphatic hydroxyl groups is 5. The van der Waals surface area contributed by atoms with E-state index in [9.17, 15) is 35.1 Å². The lowest BCUT2D eigenvalue weighted by atomic mass is 9.82. The highest BCUT2D eigenvalue weighted by molar-refractivity contribution is 5.91. The van der Waals surface area contributed by atoms with Gasteiger partial charge in [-0.1, -0.05) is 19.9 Å². The van der Waals surface area contributed by atoms with Gasteiger partial charge in [0.1, 0.15) is 24.4 Å². The van der Waals surface area contributed by atoms with E-state index in [0.717, 1.165) is 6.26 Å². The van der Waals surface area contributed by atoms with Gasteiger partial charge in [-0.3, -0.25) is 4.79 Å². The molecule has 3 aliphatic heterocycles. The number of carbonyl (C=O) groups excluding carboxylic acids is 2. The van der Waals surface area contributed by atoms with Crippen LogP contribution in [0.25, 0.3) is 0 Å². The van der Waals surface area contributed by atoms with Crippen LogP contribution >= 0.6 is 0 Å². The Morgan fingerprint density at radius 3 is 2.45 bits per heavy atom. The van der Waals surface area contributed by atoms with Gasteiger partial charge < -0.3 is 49.2 Å². The summed E-state index contributed by atoms with van der Waals surface area (Å²) < 4.78 is 28.1. The van der Waals surface area contributed by atoms with Gasteiger partial charge in [0.15, 0.2) is 6.29 Å². The van der Waals surface area contributed by atoms with Crippen LogP contribution in [0, 0.1) is 29.6 Å². The first-order chi connectivity index (χ1) is 18.1. The Bertz CT molecular complexity index is 931. The quantitative estimate of drug-likeness (QED) is 0.225. The van der Waals surface area contributed by atoms with Crippen molar-refractivity contribution < 1.29 is 58.8 Å². The fourth-order valence-corrected chi connectivity index (χ4v) is 5.91. The molecule has 12 nitrogen and oxygen atoms in total. The summed E-state index contributed by atoms with van der Waals surface area (Å²) in [5.41, 5.74) is 0.453. The molecule has 1 saturated carbocycles. The predicted octanol–water partition coefficient (Wildman–Crippen LogP) is -0.635. The Morgan fingerprint density at radius 1 is 1.03 bits per heavy atom. The highest BCUT2D eigenvalue weighted by Crippen LogP contribution is 2.43. The van der Waals surface area contributed by atoms with E-state index >= 15 is 0 Å². The monoisotopic (exact) mass is 542 g/mol. The van der Waals surface area contributed by atoms with Gasteiger partial charge in [0, 0.05) is 17.4 Å². The number of hydrogen-bond donors (Lipinski definition) is 5. The zero-order valence-electron chi connectivity index (χ0n) is 21.7. The molecule has 3 fully saturated rings. The number of fused-ring (bicyclic) bond motifs is 2. The van der Waals surface area contributed by atoms with Gasteiger partial charge in [-0.05, 0) is 31.1 Å². The number of allylic oxidation sites excluding steroid dienone is 1. The molecule has 0 aromatic heterocycles. The number of carbonyl (C=O) groups is 2. The molecule has 0 unspecified atom stereocenters. The summed E-state index contributed by atoms with van der Waals surface area (Å²) in [5, 5.41) is 50.4. The van der Waals surface area contributed by atoms with Crippen LogP contribution in [-0.4, -0.2) is 100 Å². The number of cyclic esters (lactones) is 2. The molecule has 0 aromatic rings. The molecule has 2 saturated heterocycles. The predicted molar refractivity (Wildman–Crippen MR) is 128 cm³/mol. The van der Waals surface area contributed by atoms with Gasteiger partial charge >= 0.3 is 11.9 Å². The summed E-state index contributed by atoms with van der Waals surface area (Å²) >= 11 is 0. The molecule has 0 radical (unpaired) electrons. The molecular weight excluding hydrogens is 504 g/mol. The third kappa shape index (κ3) is 5.62. The van der Waals surface area contributed by atoms with Gasteiger partial charge in [-0.25, -0.2) is 4.79 Å². The standard InChI is InChI=1S/C26H38O12/c1-4-13-15-6-20(29)34-9-16-12(3)18(28)5-14(16)11(2)8-35-24(33)17(15)10-36-25(13)38-26-23(32)22(31)21(30)19(7-27)37-26/h4,10-12,14-16,18-19,21-23,25-28,30-32H,5-9H2,1-3H3/b13-4-/t11-,12+,14-,15-,16+,18-,19+,21+,22-,23+,25-,26-/m0/s1. The van der Waals surface area contributed by atoms with Gasteiger partial charge in [-0.2, -0.15) is 0 Å². The number of hydrogen-bond acceptors (Lipinski definition) is 12. The molecule has 4 aliphatic rings. The van der Waals surface area contributed by atoms with E-state index in [-0.39, 0.29) is 48.9 Å². The van der Waals surface area contributed by atoms with E-state index in [1.165, 1.54) is 0 Å². The van der Waals surface area contributed by atoms with Crippen molar-refractivity contribution in [3.63, 3.8) is 0 Å². The minimum absolute atomic E-state index is 0.0230. The van der Waals surface area contributed by atoms with Crippen molar-refractivity contribution >= 4 is 11.9 Å². The number of esters is 2. The van der Waals surface area contributed by atoms with Crippen LogP contribution in [0.5, 0.6) is 0 Å². The van der Waals surface area contributed by atoms with Crippen LogP contribution in [-0.2, 0) is 33.3 Å². The summed E-state index contributed by atoms with van der Waals surface area (Å²) in [6.45, 7) is 5.14. The molecule has 12 atom stereocenters. The van der Waals surface area contributed by atoms with Gasteiger partial charge in [0.25, 0.3) is 0 Å². The second-order valence-electron chi connectivity index (χ2n) is 10.7. The average molecular weight is 543 g/mol. The molecule has 5 N–H and O–H groups in total. The van der Waals surface area contributed by atoms with Crippen LogP contribution in [0.1, 0.15) is 33.6 Å². The van der Waals surface area contributed by atoms with E-state index in [0.29, 0.717) is 12.0 Å². The van der Waals surface area contributed by atoms with Crippen molar-refractivity contribution in [2.45, 2.75) is 76.7 Å². The summed E-state index contributed by atoms with van der Waals surface area (Å²) in [5.74, 6) is -2.25. The number of ether oxygens (including phenoxy) is 5. The second kappa shape index (κ2) is 12.0. The minimum Gasteiger partial charge on any atom is -0.468 e. The molecule has 38 heavy (non-hydrogen) atoms. The molecule has 0 spiro atoms. The Hall–Kier alpha value is -2.06. The summed E-state index contributed by atoms with van der Waals surface area (Å²) in [4.78, 5) is 26.1. The molecule has 12 heteroatoms. The smallest absolute Gasteiger partial charge is 0.337 e. The molecule has 0 bridgehead atoms. The maximum absolute atomic E-state index is 13.1. The van der Waals surface area contributed by atoms with Gasteiger partial charge in [0.2, 0.25) is 6.29 Å². The molecule has 0 amide bonds. The lowest BCUT2D eigenvalue weighted by Crippen LogP contribution is -2.60. The third-order valence-electron chi connectivity index (χ3n) is 8.41. The Balaban J connectivity index is 1.56. The minimum atomic E-state index is -1.66. The number of rotatable bonds is 3. The maximum Gasteiger partial charge on any atom is 0.337 e. The zero-order chi connectivity index (χ0) is 27.7. The average Bonchev–Trinajstić information content (AvgIpc) is 3.18. The van der Waals surface area contributed by atoms with E-state index < -0.39 is 67.6 Å². The molecule has 3 heterocycles. The lowest BCUT2D eigenvalue weighted by Gasteiger charge is -2.42. The van der Waals surface area contributed by atoms with Crippen molar-refractivity contribution in [3.8, 4) is 0 Å². The Morgan fingerprint density at radius 2 is 1.76 bits per heavy atom. The molecule has 1 aliphatic carbocycles. The van der Waals surface area contributed by atoms with Gasteiger partial charge in [-0.15, -0.1) is 0 Å². The van der Waals surface area contributed by atoms with Crippen LogP contribution in [0.4, 0.5) is 0 Å². The molecule has 4 rings (SSSR count). The van der Waals surface area contributed by atoms with Crippen molar-refractivity contribution in [1.29, 1.82) is 0 Å². The maximum atomic E-state index is 13.1. The van der Waals surface area contributed by atoms with Crippen LogP contribution < -0.4 is 0 Å². The highest BCUT2D eigenvalue weighted by Gasteiger charge is 2.48. The first-order valence-electron chi connectivity index (χ1n) is 13.1. The first kappa shape index (κ1) is 28.9. The molecular formula is C26H38O12.